The zero-order valence-corrected chi connectivity index (χ0v) is 11.9. The van der Waals surface area contributed by atoms with Crippen LogP contribution in [0.2, 0.25) is 0 Å². The number of rotatable bonds is 10. The standard InChI is InChI=1S/C13H29N3O/c1-12(2)14-9-7-5-6-8-10-15-13(17)11-16(3)4/h12,14H,5-11H2,1-4H3,(H,15,17). The molecule has 1 amide bonds. The van der Waals surface area contributed by atoms with Crippen LogP contribution in [0.25, 0.3) is 0 Å². The van der Waals surface area contributed by atoms with E-state index in [1.165, 1.54) is 19.3 Å². The van der Waals surface area contributed by atoms with E-state index in [4.69, 9.17) is 0 Å². The third-order valence-electron chi connectivity index (χ3n) is 2.44. The lowest BCUT2D eigenvalue weighted by atomic mass is 10.2. The van der Waals surface area contributed by atoms with Crippen molar-refractivity contribution in [3.8, 4) is 0 Å². The van der Waals surface area contributed by atoms with Gasteiger partial charge >= 0.3 is 0 Å². The fraction of sp³-hybridized carbons (Fsp3) is 0.923. The van der Waals surface area contributed by atoms with E-state index in [1.54, 1.807) is 0 Å². The number of likely N-dealkylation sites (N-methyl/N-ethyl adjacent to an activating group) is 1. The Hall–Kier alpha value is -0.610. The molecule has 0 saturated heterocycles. The first-order valence-corrected chi connectivity index (χ1v) is 6.67. The molecule has 0 atom stereocenters. The van der Waals surface area contributed by atoms with Gasteiger partial charge in [-0.15, -0.1) is 0 Å². The minimum Gasteiger partial charge on any atom is -0.355 e. The van der Waals surface area contributed by atoms with Crippen molar-refractivity contribution < 1.29 is 4.79 Å². The quantitative estimate of drug-likeness (QED) is 0.567. The van der Waals surface area contributed by atoms with Crippen LogP contribution in [0.15, 0.2) is 0 Å². The zero-order valence-electron chi connectivity index (χ0n) is 11.9. The molecule has 4 heteroatoms. The average Bonchev–Trinajstić information content (AvgIpc) is 2.20. The van der Waals surface area contributed by atoms with Crippen molar-refractivity contribution in [3.63, 3.8) is 0 Å². The van der Waals surface area contributed by atoms with Gasteiger partial charge in [0.15, 0.2) is 0 Å². The second kappa shape index (κ2) is 10.5. The summed E-state index contributed by atoms with van der Waals surface area (Å²) in [7, 11) is 3.81. The van der Waals surface area contributed by atoms with Crippen LogP contribution in [0.3, 0.4) is 0 Å². The van der Waals surface area contributed by atoms with E-state index in [-0.39, 0.29) is 5.91 Å². The van der Waals surface area contributed by atoms with E-state index >= 15 is 0 Å². The maximum Gasteiger partial charge on any atom is 0.234 e. The van der Waals surface area contributed by atoms with Crippen LogP contribution < -0.4 is 10.6 Å². The molecule has 0 bridgehead atoms. The van der Waals surface area contributed by atoms with Gasteiger partial charge in [-0.2, -0.15) is 0 Å². The summed E-state index contributed by atoms with van der Waals surface area (Å²) >= 11 is 0. The second-order valence-electron chi connectivity index (χ2n) is 5.11. The molecule has 0 spiro atoms. The molecule has 0 aromatic rings. The van der Waals surface area contributed by atoms with Crippen LogP contribution in [0.1, 0.15) is 39.5 Å². The SMILES string of the molecule is CC(C)NCCCCCCNC(=O)CN(C)C. The first-order valence-electron chi connectivity index (χ1n) is 6.67. The highest BCUT2D eigenvalue weighted by Crippen LogP contribution is 1.98. The highest BCUT2D eigenvalue weighted by atomic mass is 16.1. The third-order valence-corrected chi connectivity index (χ3v) is 2.44. The molecule has 4 nitrogen and oxygen atoms in total. The molecule has 0 saturated carbocycles. The van der Waals surface area contributed by atoms with E-state index in [2.05, 4.69) is 24.5 Å². The molecule has 2 N–H and O–H groups in total. The van der Waals surface area contributed by atoms with Gasteiger partial charge < -0.3 is 15.5 Å². The molecule has 0 aromatic heterocycles. The summed E-state index contributed by atoms with van der Waals surface area (Å²) < 4.78 is 0. The molecule has 0 aliphatic rings. The monoisotopic (exact) mass is 243 g/mol. The predicted molar refractivity (Wildman–Crippen MR) is 73.2 cm³/mol. The Morgan fingerprint density at radius 1 is 1.06 bits per heavy atom. The lowest BCUT2D eigenvalue weighted by molar-refractivity contribution is -0.121. The van der Waals surface area contributed by atoms with Crippen molar-refractivity contribution >= 4 is 5.91 Å². The van der Waals surface area contributed by atoms with E-state index in [1.807, 2.05) is 19.0 Å². The Balaban J connectivity index is 3.16. The Kier molecular flexibility index (Phi) is 10.2. The predicted octanol–water partition coefficient (Wildman–Crippen LogP) is 1.22. The number of nitrogens with zero attached hydrogens (tertiary/aromatic N) is 1. The van der Waals surface area contributed by atoms with E-state index in [0.717, 1.165) is 19.5 Å². The summed E-state index contributed by atoms with van der Waals surface area (Å²) in [5, 5.41) is 6.33. The average molecular weight is 243 g/mol. The summed E-state index contributed by atoms with van der Waals surface area (Å²) in [6.45, 7) is 6.73. The van der Waals surface area contributed by atoms with Crippen LogP contribution in [-0.4, -0.2) is 50.6 Å². The van der Waals surface area contributed by atoms with Gasteiger partial charge in [0.25, 0.3) is 0 Å². The number of amides is 1. The molecule has 0 aliphatic carbocycles. The van der Waals surface area contributed by atoms with Crippen molar-refractivity contribution in [1.29, 1.82) is 0 Å². The molecule has 17 heavy (non-hydrogen) atoms. The Labute approximate surface area is 106 Å². The van der Waals surface area contributed by atoms with Crippen molar-refractivity contribution in [2.24, 2.45) is 0 Å². The summed E-state index contributed by atoms with van der Waals surface area (Å²) in [4.78, 5) is 13.2. The Morgan fingerprint density at radius 3 is 2.18 bits per heavy atom. The van der Waals surface area contributed by atoms with Crippen LogP contribution in [-0.2, 0) is 4.79 Å². The number of hydrogen-bond donors (Lipinski definition) is 2. The number of hydrogen-bond acceptors (Lipinski definition) is 3. The van der Waals surface area contributed by atoms with Crippen molar-refractivity contribution in [3.05, 3.63) is 0 Å². The van der Waals surface area contributed by atoms with Gasteiger partial charge in [0.05, 0.1) is 6.54 Å². The molecule has 0 heterocycles. The van der Waals surface area contributed by atoms with Gasteiger partial charge in [0, 0.05) is 12.6 Å². The molecule has 0 aromatic carbocycles. The maximum atomic E-state index is 11.3. The lowest BCUT2D eigenvalue weighted by Gasteiger charge is -2.10. The molecule has 0 rings (SSSR count). The number of carbonyl (C=O) groups is 1. The van der Waals surface area contributed by atoms with E-state index in [0.29, 0.717) is 12.6 Å². The summed E-state index contributed by atoms with van der Waals surface area (Å²) in [5.41, 5.74) is 0. The topological polar surface area (TPSA) is 44.4 Å². The largest absolute Gasteiger partial charge is 0.355 e. The molecule has 0 radical (unpaired) electrons. The summed E-state index contributed by atoms with van der Waals surface area (Å²) in [6.07, 6.45) is 4.75. The molecular formula is C13H29N3O. The van der Waals surface area contributed by atoms with Crippen LogP contribution >= 0.6 is 0 Å². The molecule has 0 fully saturated rings. The normalized spacial score (nSPS) is 11.2. The van der Waals surface area contributed by atoms with Crippen LogP contribution in [0.5, 0.6) is 0 Å². The van der Waals surface area contributed by atoms with Crippen molar-refractivity contribution in [2.45, 2.75) is 45.6 Å². The third kappa shape index (κ3) is 13.3. The van der Waals surface area contributed by atoms with Crippen molar-refractivity contribution in [2.75, 3.05) is 33.7 Å². The van der Waals surface area contributed by atoms with Gasteiger partial charge in [-0.25, -0.2) is 0 Å². The minimum absolute atomic E-state index is 0.122. The number of nitrogens with one attached hydrogen (secondary N) is 2. The van der Waals surface area contributed by atoms with Gasteiger partial charge in [-0.3, -0.25) is 4.79 Å². The first kappa shape index (κ1) is 16.4. The number of unbranched alkanes of at least 4 members (excludes halogenated alkanes) is 3. The fourth-order valence-electron chi connectivity index (χ4n) is 1.57. The van der Waals surface area contributed by atoms with Crippen molar-refractivity contribution in [1.82, 2.24) is 15.5 Å². The van der Waals surface area contributed by atoms with Gasteiger partial charge in [-0.05, 0) is 33.5 Å². The highest BCUT2D eigenvalue weighted by molar-refractivity contribution is 5.77. The Morgan fingerprint density at radius 2 is 1.65 bits per heavy atom. The zero-order chi connectivity index (χ0) is 13.1. The molecular weight excluding hydrogens is 214 g/mol. The highest BCUT2D eigenvalue weighted by Gasteiger charge is 2.00. The Bertz CT molecular complexity index is 193. The van der Waals surface area contributed by atoms with Gasteiger partial charge in [-0.1, -0.05) is 26.7 Å². The lowest BCUT2D eigenvalue weighted by Crippen LogP contribution is -2.33. The summed E-state index contributed by atoms with van der Waals surface area (Å²) in [6, 6.07) is 0.584. The molecule has 0 unspecified atom stereocenters. The van der Waals surface area contributed by atoms with Gasteiger partial charge in [0.1, 0.15) is 0 Å². The van der Waals surface area contributed by atoms with Crippen LogP contribution in [0, 0.1) is 0 Å². The minimum atomic E-state index is 0.122. The first-order chi connectivity index (χ1) is 8.02. The summed E-state index contributed by atoms with van der Waals surface area (Å²) in [5.74, 6) is 0.122. The van der Waals surface area contributed by atoms with Crippen LogP contribution in [0.4, 0.5) is 0 Å². The maximum absolute atomic E-state index is 11.3. The molecule has 0 aliphatic heterocycles. The second-order valence-corrected chi connectivity index (χ2v) is 5.11. The van der Waals surface area contributed by atoms with Gasteiger partial charge in [0.2, 0.25) is 5.91 Å². The van der Waals surface area contributed by atoms with E-state index < -0.39 is 0 Å². The fourth-order valence-corrected chi connectivity index (χ4v) is 1.57. The number of carbonyl (C=O) groups excluding carboxylic acids is 1. The smallest absolute Gasteiger partial charge is 0.234 e. The molecule has 102 valence electrons. The van der Waals surface area contributed by atoms with E-state index in [9.17, 15) is 4.79 Å².